The molecule has 0 saturated carbocycles. The molecular formula is C27H25NO5. The summed E-state index contributed by atoms with van der Waals surface area (Å²) >= 11 is 0. The van der Waals surface area contributed by atoms with Crippen molar-refractivity contribution in [2.24, 2.45) is 0 Å². The summed E-state index contributed by atoms with van der Waals surface area (Å²) in [5.74, 6) is 1.65. The third kappa shape index (κ3) is 6.14. The first-order valence-electron chi connectivity index (χ1n) is 10.4. The Hall–Kier alpha value is -4.24. The third-order valence-electron chi connectivity index (χ3n) is 4.82. The van der Waals surface area contributed by atoms with Gasteiger partial charge in [0, 0.05) is 5.56 Å². The first-order chi connectivity index (χ1) is 16.1. The summed E-state index contributed by atoms with van der Waals surface area (Å²) in [5.41, 5.74) is 2.67. The molecule has 0 atom stereocenters. The molecule has 0 unspecified atom stereocenters. The highest BCUT2D eigenvalue weighted by Crippen LogP contribution is 2.32. The molecule has 0 amide bonds. The van der Waals surface area contributed by atoms with Gasteiger partial charge in [-0.1, -0.05) is 30.3 Å². The maximum atomic E-state index is 12.4. The molecular weight excluding hydrogens is 418 g/mol. The molecule has 0 heterocycles. The van der Waals surface area contributed by atoms with Gasteiger partial charge in [0.25, 0.3) is 0 Å². The molecule has 0 fully saturated rings. The number of ether oxygens (including phenoxy) is 4. The fraction of sp³-hybridized carbons (Fsp3) is 0.185. The van der Waals surface area contributed by atoms with Crippen LogP contribution in [0.1, 0.15) is 23.6 Å². The fourth-order valence-corrected chi connectivity index (χ4v) is 3.26. The van der Waals surface area contributed by atoms with Crippen molar-refractivity contribution in [3.8, 4) is 29.1 Å². The number of methoxy groups -OCH3 is 2. The summed E-state index contributed by atoms with van der Waals surface area (Å²) in [6.45, 7) is 2.50. The quantitative estimate of drug-likeness (QED) is 0.193. The van der Waals surface area contributed by atoms with Crippen LogP contribution < -0.4 is 18.9 Å². The average molecular weight is 443 g/mol. The van der Waals surface area contributed by atoms with Crippen LogP contribution in [0.15, 0.2) is 66.7 Å². The second-order valence-electron chi connectivity index (χ2n) is 7.01. The second-order valence-corrected chi connectivity index (χ2v) is 7.01. The Morgan fingerprint density at radius 1 is 0.939 bits per heavy atom. The molecule has 3 aromatic rings. The van der Waals surface area contributed by atoms with Gasteiger partial charge < -0.3 is 18.9 Å². The van der Waals surface area contributed by atoms with Crippen LogP contribution in [0, 0.1) is 11.3 Å². The van der Waals surface area contributed by atoms with E-state index in [-0.39, 0.29) is 6.42 Å². The fourth-order valence-electron chi connectivity index (χ4n) is 3.26. The summed E-state index contributed by atoms with van der Waals surface area (Å²) in [6.07, 6.45) is 1.84. The first-order valence-corrected chi connectivity index (χ1v) is 10.4. The molecule has 3 aromatic carbocycles. The standard InChI is InChI=1S/C27H25NO5/c1-4-32-22-12-9-19(10-13-22)17-27(29)33-25-14-11-20(16-26(25)31-3)15-21(18-28)23-7-5-6-8-24(23)30-2/h5-16H,4,17H2,1-3H3/b21-15-. The Morgan fingerprint density at radius 3 is 2.33 bits per heavy atom. The van der Waals surface area contributed by atoms with Crippen LogP contribution in [0.3, 0.4) is 0 Å². The van der Waals surface area contributed by atoms with E-state index in [4.69, 9.17) is 18.9 Å². The Balaban J connectivity index is 1.77. The molecule has 0 N–H and O–H groups in total. The molecule has 168 valence electrons. The Labute approximate surface area is 193 Å². The normalized spacial score (nSPS) is 10.8. The number of para-hydroxylation sites is 1. The van der Waals surface area contributed by atoms with Crippen molar-refractivity contribution in [1.82, 2.24) is 0 Å². The van der Waals surface area contributed by atoms with E-state index in [2.05, 4.69) is 6.07 Å². The molecule has 0 spiro atoms. The number of hydrogen-bond donors (Lipinski definition) is 0. The third-order valence-corrected chi connectivity index (χ3v) is 4.82. The van der Waals surface area contributed by atoms with Crippen molar-refractivity contribution in [3.63, 3.8) is 0 Å². The van der Waals surface area contributed by atoms with Crippen molar-refractivity contribution < 1.29 is 23.7 Å². The van der Waals surface area contributed by atoms with E-state index in [1.807, 2.05) is 49.4 Å². The van der Waals surface area contributed by atoms with E-state index in [9.17, 15) is 10.1 Å². The van der Waals surface area contributed by atoms with Crippen LogP contribution in [-0.4, -0.2) is 26.8 Å². The number of carbonyl (C=O) groups is 1. The number of esters is 1. The monoisotopic (exact) mass is 443 g/mol. The van der Waals surface area contributed by atoms with E-state index in [1.54, 1.807) is 37.5 Å². The van der Waals surface area contributed by atoms with E-state index >= 15 is 0 Å². The van der Waals surface area contributed by atoms with E-state index in [0.29, 0.717) is 35.0 Å². The van der Waals surface area contributed by atoms with E-state index in [1.165, 1.54) is 7.11 Å². The van der Waals surface area contributed by atoms with Gasteiger partial charge in [-0.15, -0.1) is 0 Å². The first kappa shape index (κ1) is 23.4. The molecule has 6 heteroatoms. The molecule has 3 rings (SSSR count). The summed E-state index contributed by atoms with van der Waals surface area (Å²) in [6, 6.07) is 22.0. The minimum absolute atomic E-state index is 0.115. The maximum absolute atomic E-state index is 12.4. The van der Waals surface area contributed by atoms with Crippen molar-refractivity contribution in [3.05, 3.63) is 83.4 Å². The van der Waals surface area contributed by atoms with Crippen LogP contribution in [0.25, 0.3) is 11.6 Å². The molecule has 33 heavy (non-hydrogen) atoms. The van der Waals surface area contributed by atoms with Gasteiger partial charge in [0.15, 0.2) is 11.5 Å². The number of nitriles is 1. The zero-order valence-corrected chi connectivity index (χ0v) is 18.8. The van der Waals surface area contributed by atoms with Gasteiger partial charge in [0.05, 0.1) is 38.9 Å². The van der Waals surface area contributed by atoms with Crippen molar-refractivity contribution in [2.45, 2.75) is 13.3 Å². The smallest absolute Gasteiger partial charge is 0.315 e. The predicted octanol–water partition coefficient (Wildman–Crippen LogP) is 5.31. The van der Waals surface area contributed by atoms with Crippen LogP contribution >= 0.6 is 0 Å². The van der Waals surface area contributed by atoms with Gasteiger partial charge in [0.2, 0.25) is 0 Å². The van der Waals surface area contributed by atoms with Gasteiger partial charge >= 0.3 is 5.97 Å². The van der Waals surface area contributed by atoms with Crippen LogP contribution in [0.4, 0.5) is 0 Å². The highest BCUT2D eigenvalue weighted by Gasteiger charge is 2.13. The molecule has 0 saturated heterocycles. The lowest BCUT2D eigenvalue weighted by molar-refractivity contribution is -0.133. The van der Waals surface area contributed by atoms with Crippen LogP contribution in [0.5, 0.6) is 23.0 Å². The van der Waals surface area contributed by atoms with Gasteiger partial charge in [0.1, 0.15) is 11.5 Å². The molecule has 0 bridgehead atoms. The van der Waals surface area contributed by atoms with Gasteiger partial charge in [-0.05, 0) is 60.5 Å². The van der Waals surface area contributed by atoms with E-state index < -0.39 is 5.97 Å². The highest BCUT2D eigenvalue weighted by molar-refractivity contribution is 5.92. The molecule has 6 nitrogen and oxygen atoms in total. The lowest BCUT2D eigenvalue weighted by Gasteiger charge is -2.11. The Bertz CT molecular complexity index is 1180. The van der Waals surface area contributed by atoms with E-state index in [0.717, 1.165) is 16.9 Å². The zero-order valence-electron chi connectivity index (χ0n) is 18.8. The summed E-state index contributed by atoms with van der Waals surface area (Å²) in [4.78, 5) is 12.4. The van der Waals surface area contributed by atoms with Crippen LogP contribution in [-0.2, 0) is 11.2 Å². The number of carbonyl (C=O) groups excluding carboxylic acids is 1. The van der Waals surface area contributed by atoms with Gasteiger partial charge in [-0.25, -0.2) is 0 Å². The molecule has 0 aliphatic carbocycles. The second kappa shape index (κ2) is 11.4. The number of hydrogen-bond acceptors (Lipinski definition) is 6. The summed E-state index contributed by atoms with van der Waals surface area (Å²) < 4.78 is 21.7. The van der Waals surface area contributed by atoms with Crippen molar-refractivity contribution in [2.75, 3.05) is 20.8 Å². The topological polar surface area (TPSA) is 77.8 Å². The Kier molecular flexibility index (Phi) is 8.09. The average Bonchev–Trinajstić information content (AvgIpc) is 2.84. The zero-order chi connectivity index (χ0) is 23.6. The molecule has 0 radical (unpaired) electrons. The number of benzene rings is 3. The Morgan fingerprint density at radius 2 is 1.67 bits per heavy atom. The summed E-state index contributed by atoms with van der Waals surface area (Å²) in [5, 5.41) is 9.67. The highest BCUT2D eigenvalue weighted by atomic mass is 16.6. The molecule has 0 aromatic heterocycles. The number of nitrogens with zero attached hydrogens (tertiary/aromatic N) is 1. The largest absolute Gasteiger partial charge is 0.496 e. The summed E-state index contributed by atoms with van der Waals surface area (Å²) in [7, 11) is 3.06. The molecule has 0 aliphatic rings. The minimum atomic E-state index is -0.410. The predicted molar refractivity (Wildman–Crippen MR) is 126 cm³/mol. The lowest BCUT2D eigenvalue weighted by atomic mass is 10.0. The maximum Gasteiger partial charge on any atom is 0.315 e. The van der Waals surface area contributed by atoms with Crippen molar-refractivity contribution in [1.29, 1.82) is 5.26 Å². The number of rotatable bonds is 9. The van der Waals surface area contributed by atoms with Crippen LogP contribution in [0.2, 0.25) is 0 Å². The van der Waals surface area contributed by atoms with Gasteiger partial charge in [-0.3, -0.25) is 4.79 Å². The lowest BCUT2D eigenvalue weighted by Crippen LogP contribution is -2.12. The van der Waals surface area contributed by atoms with Gasteiger partial charge in [-0.2, -0.15) is 5.26 Å². The SMILES string of the molecule is CCOc1ccc(CC(=O)Oc2ccc(/C=C(/C#N)c3ccccc3OC)cc2OC)cc1. The molecule has 0 aliphatic heterocycles. The number of allylic oxidation sites excluding steroid dienone is 1. The minimum Gasteiger partial charge on any atom is -0.496 e. The van der Waals surface area contributed by atoms with Crippen molar-refractivity contribution >= 4 is 17.6 Å².